The van der Waals surface area contributed by atoms with E-state index in [1.807, 2.05) is 0 Å². The van der Waals surface area contributed by atoms with Gasteiger partial charge in [-0.2, -0.15) is 4.31 Å². The number of aromatic carboxylic acids is 1. The van der Waals surface area contributed by atoms with Crippen LogP contribution in [-0.4, -0.2) is 63.6 Å². The van der Waals surface area contributed by atoms with Gasteiger partial charge in [0, 0.05) is 20.7 Å². The molecule has 0 spiro atoms. The van der Waals surface area contributed by atoms with Gasteiger partial charge in [0.05, 0.1) is 13.2 Å². The summed E-state index contributed by atoms with van der Waals surface area (Å²) in [7, 11) is -1.14. The molecule has 118 valence electrons. The molecule has 0 saturated heterocycles. The van der Waals surface area contributed by atoms with Gasteiger partial charge < -0.3 is 15.2 Å². The summed E-state index contributed by atoms with van der Waals surface area (Å²) in [6, 6.07) is 2.43. The predicted molar refractivity (Wildman–Crippen MR) is 76.0 cm³/mol. The number of nitrogens with zero attached hydrogens (tertiary/aromatic N) is 1. The Bertz CT molecular complexity index is 610. The van der Waals surface area contributed by atoms with Crippen LogP contribution >= 0.6 is 11.3 Å². The van der Waals surface area contributed by atoms with E-state index in [2.05, 4.69) is 5.32 Å². The molecule has 0 aromatic carbocycles. The molecule has 1 rings (SSSR count). The highest BCUT2D eigenvalue weighted by Gasteiger charge is 2.25. The number of carbonyl (C=O) groups is 2. The molecule has 0 fully saturated rings. The Hall–Kier alpha value is -1.49. The van der Waals surface area contributed by atoms with E-state index in [4.69, 9.17) is 9.84 Å². The first-order chi connectivity index (χ1) is 9.78. The van der Waals surface area contributed by atoms with Crippen LogP contribution in [0, 0.1) is 0 Å². The summed E-state index contributed by atoms with van der Waals surface area (Å²) in [5.41, 5.74) is 0. The quantitative estimate of drug-likeness (QED) is 0.637. The van der Waals surface area contributed by atoms with Crippen LogP contribution in [-0.2, 0) is 19.6 Å². The van der Waals surface area contributed by atoms with Gasteiger partial charge in [-0.25, -0.2) is 13.2 Å². The Morgan fingerprint density at radius 2 is 2.10 bits per heavy atom. The number of methoxy groups -OCH3 is 1. The number of rotatable bonds is 8. The Kier molecular flexibility index (Phi) is 6.27. The van der Waals surface area contributed by atoms with Crippen LogP contribution in [0.1, 0.15) is 9.67 Å². The van der Waals surface area contributed by atoms with E-state index in [0.29, 0.717) is 17.9 Å². The number of carboxylic acids is 1. The zero-order valence-electron chi connectivity index (χ0n) is 11.5. The summed E-state index contributed by atoms with van der Waals surface area (Å²) in [6.45, 7) is 0.257. The molecule has 8 nitrogen and oxygen atoms in total. The van der Waals surface area contributed by atoms with Gasteiger partial charge in [0.1, 0.15) is 9.09 Å². The Morgan fingerprint density at radius 3 is 2.62 bits per heavy atom. The number of nitrogens with one attached hydrogen (secondary N) is 1. The molecule has 1 aromatic heterocycles. The molecular weight excluding hydrogens is 320 g/mol. The lowest BCUT2D eigenvalue weighted by Crippen LogP contribution is -2.39. The summed E-state index contributed by atoms with van der Waals surface area (Å²) in [6.07, 6.45) is 0. The molecule has 1 heterocycles. The molecule has 0 aliphatic heterocycles. The fourth-order valence-electron chi connectivity index (χ4n) is 1.36. The van der Waals surface area contributed by atoms with Crippen molar-refractivity contribution in [3.8, 4) is 0 Å². The van der Waals surface area contributed by atoms with Crippen LogP contribution in [0.3, 0.4) is 0 Å². The average molecular weight is 336 g/mol. The van der Waals surface area contributed by atoms with Gasteiger partial charge >= 0.3 is 5.97 Å². The lowest BCUT2D eigenvalue weighted by molar-refractivity contribution is -0.121. The normalized spacial score (nSPS) is 11.6. The fraction of sp³-hybridized carbons (Fsp3) is 0.455. The van der Waals surface area contributed by atoms with E-state index in [-0.39, 0.29) is 22.2 Å². The van der Waals surface area contributed by atoms with Crippen molar-refractivity contribution in [3.05, 3.63) is 17.0 Å². The summed E-state index contributed by atoms with van der Waals surface area (Å²) >= 11 is 0.644. The summed E-state index contributed by atoms with van der Waals surface area (Å²) in [4.78, 5) is 22.2. The van der Waals surface area contributed by atoms with Crippen LogP contribution in [0.5, 0.6) is 0 Å². The lowest BCUT2D eigenvalue weighted by Gasteiger charge is -2.15. The number of sulfonamides is 1. The third-order valence-corrected chi connectivity index (χ3v) is 5.80. The average Bonchev–Trinajstić information content (AvgIpc) is 2.89. The van der Waals surface area contributed by atoms with Crippen molar-refractivity contribution in [1.82, 2.24) is 9.62 Å². The maximum atomic E-state index is 12.2. The zero-order chi connectivity index (χ0) is 16.0. The van der Waals surface area contributed by atoms with Gasteiger partial charge in [0.25, 0.3) is 10.0 Å². The van der Waals surface area contributed by atoms with E-state index in [1.54, 1.807) is 0 Å². The second kappa shape index (κ2) is 7.50. The number of thiophene rings is 1. The molecule has 21 heavy (non-hydrogen) atoms. The van der Waals surface area contributed by atoms with Gasteiger partial charge in [-0.3, -0.25) is 4.79 Å². The van der Waals surface area contributed by atoms with Crippen LogP contribution in [0.15, 0.2) is 16.3 Å². The first-order valence-electron chi connectivity index (χ1n) is 5.84. The minimum absolute atomic E-state index is 0.0773. The molecule has 0 saturated carbocycles. The van der Waals surface area contributed by atoms with Crippen LogP contribution in [0.25, 0.3) is 0 Å². The number of carboxylic acid groups (broad SMARTS) is 1. The molecule has 0 aliphatic rings. The Morgan fingerprint density at radius 1 is 1.43 bits per heavy atom. The highest BCUT2D eigenvalue weighted by atomic mass is 32.2. The molecule has 0 atom stereocenters. The van der Waals surface area contributed by atoms with E-state index in [9.17, 15) is 18.0 Å². The molecule has 2 N–H and O–H groups in total. The minimum atomic E-state index is -3.88. The van der Waals surface area contributed by atoms with Crippen LogP contribution in [0.4, 0.5) is 0 Å². The second-order valence-electron chi connectivity index (χ2n) is 4.03. The Labute approximate surface area is 126 Å². The molecule has 0 radical (unpaired) electrons. The monoisotopic (exact) mass is 336 g/mol. The maximum Gasteiger partial charge on any atom is 0.345 e. The maximum absolute atomic E-state index is 12.2. The standard InChI is InChI=1S/C11H16N2O6S2/c1-13(7-9(14)12-5-6-19-2)21(17,18)10-4-3-8(20-10)11(15)16/h3-4H,5-7H2,1-2H3,(H,12,14)(H,15,16). The van der Waals surface area contributed by atoms with Crippen LogP contribution in [0.2, 0.25) is 0 Å². The number of likely N-dealkylation sites (N-methyl/N-ethyl adjacent to an activating group) is 1. The zero-order valence-corrected chi connectivity index (χ0v) is 13.2. The molecule has 0 unspecified atom stereocenters. The predicted octanol–water partition coefficient (Wildman–Crippen LogP) is -0.171. The summed E-state index contributed by atoms with van der Waals surface area (Å²) < 4.78 is 29.9. The van der Waals surface area contributed by atoms with Gasteiger partial charge in [-0.15, -0.1) is 11.3 Å². The highest BCUT2D eigenvalue weighted by molar-refractivity contribution is 7.91. The summed E-state index contributed by atoms with van der Waals surface area (Å²) in [5, 5.41) is 11.3. The summed E-state index contributed by atoms with van der Waals surface area (Å²) in [5.74, 6) is -1.66. The van der Waals surface area contributed by atoms with Crippen molar-refractivity contribution in [2.45, 2.75) is 4.21 Å². The van der Waals surface area contributed by atoms with Crippen molar-refractivity contribution < 1.29 is 27.9 Å². The van der Waals surface area contributed by atoms with Gasteiger partial charge in [-0.1, -0.05) is 0 Å². The minimum Gasteiger partial charge on any atom is -0.477 e. The van der Waals surface area contributed by atoms with Crippen molar-refractivity contribution in [2.24, 2.45) is 0 Å². The van der Waals surface area contributed by atoms with Gasteiger partial charge in [-0.05, 0) is 12.1 Å². The fourth-order valence-corrected chi connectivity index (χ4v) is 3.85. The Balaban J connectivity index is 2.72. The molecule has 0 bridgehead atoms. The molecule has 1 amide bonds. The molecular formula is C11H16N2O6S2. The highest BCUT2D eigenvalue weighted by Crippen LogP contribution is 2.24. The van der Waals surface area contributed by atoms with Crippen molar-refractivity contribution in [3.63, 3.8) is 0 Å². The van der Waals surface area contributed by atoms with Crippen molar-refractivity contribution in [2.75, 3.05) is 33.9 Å². The number of hydrogen-bond acceptors (Lipinski definition) is 6. The van der Waals surface area contributed by atoms with E-state index < -0.39 is 21.9 Å². The third kappa shape index (κ3) is 4.77. The first-order valence-corrected chi connectivity index (χ1v) is 8.09. The molecule has 0 aliphatic carbocycles. The van der Waals surface area contributed by atoms with E-state index >= 15 is 0 Å². The van der Waals surface area contributed by atoms with Crippen molar-refractivity contribution >= 4 is 33.2 Å². The van der Waals surface area contributed by atoms with Crippen LogP contribution < -0.4 is 5.32 Å². The van der Waals surface area contributed by atoms with Gasteiger partial charge in [0.15, 0.2) is 0 Å². The van der Waals surface area contributed by atoms with Gasteiger partial charge in [0.2, 0.25) is 5.91 Å². The number of carbonyl (C=O) groups excluding carboxylic acids is 1. The van der Waals surface area contributed by atoms with E-state index in [1.165, 1.54) is 26.3 Å². The third-order valence-electron chi connectivity index (χ3n) is 2.45. The number of ether oxygens (including phenoxy) is 1. The largest absolute Gasteiger partial charge is 0.477 e. The second-order valence-corrected chi connectivity index (χ2v) is 7.38. The lowest BCUT2D eigenvalue weighted by atomic mass is 10.5. The topological polar surface area (TPSA) is 113 Å². The molecule has 10 heteroatoms. The van der Waals surface area contributed by atoms with Crippen molar-refractivity contribution in [1.29, 1.82) is 0 Å². The smallest absolute Gasteiger partial charge is 0.345 e. The number of amides is 1. The first kappa shape index (κ1) is 17.6. The SMILES string of the molecule is COCCNC(=O)CN(C)S(=O)(=O)c1ccc(C(=O)O)s1. The molecule has 1 aromatic rings. The van der Waals surface area contributed by atoms with E-state index in [0.717, 1.165) is 4.31 Å². The number of hydrogen-bond donors (Lipinski definition) is 2.